The largest absolute Gasteiger partial charge is 0.349 e. The lowest BCUT2D eigenvalue weighted by molar-refractivity contribution is -0.126. The van der Waals surface area contributed by atoms with Crippen LogP contribution in [0.4, 0.5) is 10.5 Å². The van der Waals surface area contributed by atoms with Gasteiger partial charge in [-0.1, -0.05) is 54.6 Å². The Hall–Kier alpha value is -3.34. The standard InChI is InChI=1S/C25H27N3O2/c1-18(21-12-11-19-7-5-6-8-22(19)17-21)26-24(29)20-13-15-28(16-14-20)25(30)27-23-9-3-2-4-10-23/h2-12,17-18,20H,13-16H2,1H3,(H,26,29)(H,27,30). The summed E-state index contributed by atoms with van der Waals surface area (Å²) in [7, 11) is 0. The number of hydrogen-bond donors (Lipinski definition) is 2. The molecule has 30 heavy (non-hydrogen) atoms. The fourth-order valence-corrected chi connectivity index (χ4v) is 3.96. The second-order valence-electron chi connectivity index (χ2n) is 7.89. The molecule has 1 saturated heterocycles. The Morgan fingerprint density at radius 3 is 2.30 bits per heavy atom. The molecule has 3 aromatic rings. The SMILES string of the molecule is CC(NC(=O)C1CCN(C(=O)Nc2ccccc2)CC1)c1ccc2ccccc2c1. The number of carbonyl (C=O) groups excluding carboxylic acids is 2. The molecule has 1 heterocycles. The van der Waals surface area contributed by atoms with Crippen LogP contribution in [0.3, 0.4) is 0 Å². The van der Waals surface area contributed by atoms with E-state index in [9.17, 15) is 9.59 Å². The summed E-state index contributed by atoms with van der Waals surface area (Å²) < 4.78 is 0. The number of para-hydroxylation sites is 1. The van der Waals surface area contributed by atoms with E-state index in [1.54, 1.807) is 4.90 Å². The van der Waals surface area contributed by atoms with Crippen molar-refractivity contribution in [2.24, 2.45) is 5.92 Å². The number of nitrogens with zero attached hydrogens (tertiary/aromatic N) is 1. The molecule has 0 saturated carbocycles. The molecule has 3 aromatic carbocycles. The molecule has 0 aliphatic carbocycles. The lowest BCUT2D eigenvalue weighted by atomic mass is 9.95. The molecule has 1 aliphatic heterocycles. The third-order valence-corrected chi connectivity index (χ3v) is 5.81. The second-order valence-corrected chi connectivity index (χ2v) is 7.89. The van der Waals surface area contributed by atoms with Crippen molar-refractivity contribution in [2.45, 2.75) is 25.8 Å². The highest BCUT2D eigenvalue weighted by Gasteiger charge is 2.28. The van der Waals surface area contributed by atoms with Crippen LogP contribution in [0, 0.1) is 5.92 Å². The summed E-state index contributed by atoms with van der Waals surface area (Å²) in [6, 6.07) is 23.8. The van der Waals surface area contributed by atoms with Crippen molar-refractivity contribution in [2.75, 3.05) is 18.4 Å². The monoisotopic (exact) mass is 401 g/mol. The normalized spacial score (nSPS) is 15.6. The minimum atomic E-state index is -0.107. The van der Waals surface area contributed by atoms with Crippen LogP contribution in [0.25, 0.3) is 10.8 Å². The van der Waals surface area contributed by atoms with Gasteiger partial charge in [-0.2, -0.15) is 0 Å². The fourth-order valence-electron chi connectivity index (χ4n) is 3.96. The Morgan fingerprint density at radius 1 is 0.900 bits per heavy atom. The highest BCUT2D eigenvalue weighted by Crippen LogP contribution is 2.23. The predicted molar refractivity (Wildman–Crippen MR) is 120 cm³/mol. The maximum absolute atomic E-state index is 12.8. The van der Waals surface area contributed by atoms with Crippen LogP contribution < -0.4 is 10.6 Å². The number of amides is 3. The second kappa shape index (κ2) is 8.99. The average molecular weight is 402 g/mol. The molecular weight excluding hydrogens is 374 g/mol. The summed E-state index contributed by atoms with van der Waals surface area (Å²) in [6.07, 6.45) is 1.36. The van der Waals surface area contributed by atoms with Crippen LogP contribution in [0.5, 0.6) is 0 Å². The Bertz CT molecular complexity index is 1030. The highest BCUT2D eigenvalue weighted by atomic mass is 16.2. The van der Waals surface area contributed by atoms with Gasteiger partial charge in [0.05, 0.1) is 6.04 Å². The number of fused-ring (bicyclic) bond motifs is 1. The van der Waals surface area contributed by atoms with Gasteiger partial charge in [-0.15, -0.1) is 0 Å². The number of anilines is 1. The van der Waals surface area contributed by atoms with Gasteiger partial charge in [0, 0.05) is 24.7 Å². The maximum Gasteiger partial charge on any atom is 0.321 e. The van der Waals surface area contributed by atoms with E-state index in [1.807, 2.05) is 49.4 Å². The number of rotatable bonds is 4. The number of carbonyl (C=O) groups is 2. The third kappa shape index (κ3) is 4.62. The topological polar surface area (TPSA) is 61.4 Å². The van der Waals surface area contributed by atoms with Crippen LogP contribution in [0.1, 0.15) is 31.4 Å². The predicted octanol–water partition coefficient (Wildman–Crippen LogP) is 4.96. The molecule has 154 valence electrons. The minimum Gasteiger partial charge on any atom is -0.349 e. The van der Waals surface area contributed by atoms with Crippen LogP contribution in [-0.2, 0) is 4.79 Å². The summed E-state index contributed by atoms with van der Waals surface area (Å²) >= 11 is 0. The van der Waals surface area contributed by atoms with Crippen molar-refractivity contribution in [3.05, 3.63) is 78.4 Å². The molecule has 2 N–H and O–H groups in total. The zero-order valence-corrected chi connectivity index (χ0v) is 17.2. The number of urea groups is 1. The molecule has 3 amide bonds. The van der Waals surface area contributed by atoms with Crippen LogP contribution in [0.2, 0.25) is 0 Å². The third-order valence-electron chi connectivity index (χ3n) is 5.81. The molecular formula is C25H27N3O2. The van der Waals surface area contributed by atoms with Crippen molar-refractivity contribution in [1.29, 1.82) is 0 Å². The van der Waals surface area contributed by atoms with E-state index in [0.717, 1.165) is 11.3 Å². The van der Waals surface area contributed by atoms with Crippen molar-refractivity contribution >= 4 is 28.4 Å². The van der Waals surface area contributed by atoms with E-state index in [1.165, 1.54) is 10.8 Å². The van der Waals surface area contributed by atoms with Crippen LogP contribution in [0.15, 0.2) is 72.8 Å². The summed E-state index contributed by atoms with van der Waals surface area (Å²) in [4.78, 5) is 27.0. The molecule has 0 radical (unpaired) electrons. The van der Waals surface area contributed by atoms with Crippen molar-refractivity contribution in [1.82, 2.24) is 10.2 Å². The van der Waals surface area contributed by atoms with Gasteiger partial charge in [0.15, 0.2) is 0 Å². The molecule has 0 aromatic heterocycles. The minimum absolute atomic E-state index is 0.0542. The smallest absolute Gasteiger partial charge is 0.321 e. The number of benzene rings is 3. The first-order valence-corrected chi connectivity index (χ1v) is 10.5. The molecule has 1 unspecified atom stereocenters. The molecule has 0 spiro atoms. The van der Waals surface area contributed by atoms with Gasteiger partial charge >= 0.3 is 6.03 Å². The molecule has 5 nitrogen and oxygen atoms in total. The lowest BCUT2D eigenvalue weighted by Gasteiger charge is -2.32. The van der Waals surface area contributed by atoms with Crippen LogP contribution >= 0.6 is 0 Å². The first-order valence-electron chi connectivity index (χ1n) is 10.5. The Kier molecular flexibility index (Phi) is 5.98. The first-order chi connectivity index (χ1) is 14.6. The summed E-state index contributed by atoms with van der Waals surface area (Å²) in [5.41, 5.74) is 1.88. The van der Waals surface area contributed by atoms with E-state index in [4.69, 9.17) is 0 Å². The summed E-state index contributed by atoms with van der Waals surface area (Å²) in [6.45, 7) is 3.19. The zero-order valence-electron chi connectivity index (χ0n) is 17.2. The Labute approximate surface area is 177 Å². The number of likely N-dealkylation sites (tertiary alicyclic amines) is 1. The van der Waals surface area contributed by atoms with Crippen molar-refractivity contribution < 1.29 is 9.59 Å². The van der Waals surface area contributed by atoms with Gasteiger partial charge in [0.25, 0.3) is 0 Å². The van der Waals surface area contributed by atoms with Crippen LogP contribution in [-0.4, -0.2) is 29.9 Å². The van der Waals surface area contributed by atoms with Crippen molar-refractivity contribution in [3.63, 3.8) is 0 Å². The molecule has 1 fully saturated rings. The highest BCUT2D eigenvalue weighted by molar-refractivity contribution is 5.89. The van der Waals surface area contributed by atoms with E-state index >= 15 is 0 Å². The Balaban J connectivity index is 1.30. The number of nitrogens with one attached hydrogen (secondary N) is 2. The van der Waals surface area contributed by atoms with Gasteiger partial charge in [-0.3, -0.25) is 4.79 Å². The van der Waals surface area contributed by atoms with Crippen molar-refractivity contribution in [3.8, 4) is 0 Å². The maximum atomic E-state index is 12.8. The van der Waals surface area contributed by atoms with Gasteiger partial charge in [-0.25, -0.2) is 4.79 Å². The fraction of sp³-hybridized carbons (Fsp3) is 0.280. The van der Waals surface area contributed by atoms with E-state index in [-0.39, 0.29) is 23.9 Å². The summed E-state index contributed by atoms with van der Waals surface area (Å²) in [5.74, 6) is 0.00691. The van der Waals surface area contributed by atoms with Gasteiger partial charge in [0.2, 0.25) is 5.91 Å². The van der Waals surface area contributed by atoms with E-state index in [0.29, 0.717) is 25.9 Å². The molecule has 1 atom stereocenters. The summed E-state index contributed by atoms with van der Waals surface area (Å²) in [5, 5.41) is 8.44. The molecule has 4 rings (SSSR count). The van der Waals surface area contributed by atoms with E-state index < -0.39 is 0 Å². The lowest BCUT2D eigenvalue weighted by Crippen LogP contribution is -2.44. The zero-order chi connectivity index (χ0) is 20.9. The molecule has 1 aliphatic rings. The van der Waals surface area contributed by atoms with Gasteiger partial charge < -0.3 is 15.5 Å². The number of piperidine rings is 1. The molecule has 0 bridgehead atoms. The van der Waals surface area contributed by atoms with E-state index in [2.05, 4.69) is 41.0 Å². The molecule has 5 heteroatoms. The average Bonchev–Trinajstić information content (AvgIpc) is 2.79. The quantitative estimate of drug-likeness (QED) is 0.649. The number of hydrogen-bond acceptors (Lipinski definition) is 2. The van der Waals surface area contributed by atoms with Gasteiger partial charge in [-0.05, 0) is 54.3 Å². The van der Waals surface area contributed by atoms with Gasteiger partial charge in [0.1, 0.15) is 0 Å². The first kappa shape index (κ1) is 20.0. The Morgan fingerprint density at radius 2 is 1.57 bits per heavy atom.